The van der Waals surface area contributed by atoms with Crippen molar-refractivity contribution in [3.05, 3.63) is 13.8 Å². The van der Waals surface area contributed by atoms with Crippen LogP contribution in [0.3, 0.4) is 0 Å². The molecule has 0 rings (SSSR count). The molecular formula is C17H40MgO. The molecule has 0 bridgehead atoms. The fourth-order valence-electron chi connectivity index (χ4n) is 0.835. The Morgan fingerprint density at radius 2 is 1.00 bits per heavy atom. The van der Waals surface area contributed by atoms with E-state index in [1.54, 1.807) is 6.92 Å². The van der Waals surface area contributed by atoms with Crippen LogP contribution in [0.4, 0.5) is 0 Å². The summed E-state index contributed by atoms with van der Waals surface area (Å²) in [6.07, 6.45) is 11.3. The van der Waals surface area contributed by atoms with Gasteiger partial charge in [0.1, 0.15) is 0 Å². The van der Waals surface area contributed by atoms with Crippen molar-refractivity contribution >= 4 is 23.1 Å². The minimum Gasteiger partial charge on any atom is -0.396 e. The van der Waals surface area contributed by atoms with Crippen molar-refractivity contribution in [2.75, 3.05) is 6.61 Å². The smallest absolute Gasteiger partial charge is 0.396 e. The van der Waals surface area contributed by atoms with Crippen molar-refractivity contribution in [3.63, 3.8) is 0 Å². The van der Waals surface area contributed by atoms with Gasteiger partial charge in [0.2, 0.25) is 0 Å². The normalized spacial score (nSPS) is 7.58. The van der Waals surface area contributed by atoms with E-state index in [4.69, 9.17) is 5.11 Å². The largest absolute Gasteiger partial charge is 2.00 e. The van der Waals surface area contributed by atoms with Crippen molar-refractivity contribution < 1.29 is 5.11 Å². The molecule has 0 radical (unpaired) electrons. The van der Waals surface area contributed by atoms with Crippen LogP contribution in [0.1, 0.15) is 92.4 Å². The van der Waals surface area contributed by atoms with Gasteiger partial charge in [-0.3, -0.25) is 0 Å². The van der Waals surface area contributed by atoms with E-state index in [1.165, 1.54) is 38.5 Å². The molecule has 1 nitrogen and oxygen atoms in total. The zero-order valence-corrected chi connectivity index (χ0v) is 16.1. The van der Waals surface area contributed by atoms with Gasteiger partial charge in [-0.05, 0) is 6.42 Å². The first-order valence-electron chi connectivity index (χ1n) is 7.85. The van der Waals surface area contributed by atoms with E-state index in [1.807, 2.05) is 0 Å². The molecule has 0 saturated carbocycles. The Morgan fingerprint density at radius 3 is 1.11 bits per heavy atom. The van der Waals surface area contributed by atoms with Crippen molar-refractivity contribution in [2.24, 2.45) is 0 Å². The van der Waals surface area contributed by atoms with E-state index in [-0.39, 0.29) is 23.1 Å². The van der Waals surface area contributed by atoms with Crippen molar-refractivity contribution in [2.45, 2.75) is 92.4 Å². The number of unbranched alkanes of at least 4 members (excludes halogenated alkanes) is 6. The molecule has 0 saturated heterocycles. The summed E-state index contributed by atoms with van der Waals surface area (Å²) in [4.78, 5) is 0. The molecule has 116 valence electrons. The molecule has 0 aromatic heterocycles. The Balaban J connectivity index is -0.0000000487. The zero-order valence-electron chi connectivity index (χ0n) is 14.6. The molecule has 0 atom stereocenters. The molecule has 1 N–H and O–H groups in total. The first-order chi connectivity index (χ1) is 8.74. The van der Waals surface area contributed by atoms with Gasteiger partial charge in [0.15, 0.2) is 0 Å². The number of rotatable bonds is 7. The molecular weight excluding hydrogens is 244 g/mol. The fourth-order valence-corrected chi connectivity index (χ4v) is 0.835. The molecule has 0 aromatic carbocycles. The average molecular weight is 285 g/mol. The van der Waals surface area contributed by atoms with Gasteiger partial charge in [-0.2, -0.15) is 13.3 Å². The summed E-state index contributed by atoms with van der Waals surface area (Å²) in [6, 6.07) is 0. The standard InChI is InChI=1S/C7H16.C4H10O.C4H9.C2H5.Mg/c1-3-5-7-6-4-2;1-2-3-4-5;1-3-4-2;1-2;/h3-7H2,1-2H3;5H,2-4H2,1H3;1,3-4H2,2H3;1H2,2H3;/q;;2*-1;+2. The number of hydrogen-bond acceptors (Lipinski definition) is 1. The summed E-state index contributed by atoms with van der Waals surface area (Å²) in [5.74, 6) is 0. The first-order valence-corrected chi connectivity index (χ1v) is 7.85. The van der Waals surface area contributed by atoms with Gasteiger partial charge in [-0.25, -0.2) is 0 Å². The maximum absolute atomic E-state index is 8.07. The molecule has 0 aliphatic rings. The van der Waals surface area contributed by atoms with Crippen LogP contribution in [0.2, 0.25) is 0 Å². The van der Waals surface area contributed by atoms with Crippen molar-refractivity contribution in [1.29, 1.82) is 0 Å². The van der Waals surface area contributed by atoms with Gasteiger partial charge < -0.3 is 19.0 Å². The van der Waals surface area contributed by atoms with Crippen LogP contribution in [-0.4, -0.2) is 34.8 Å². The van der Waals surface area contributed by atoms with Gasteiger partial charge >= 0.3 is 23.1 Å². The third kappa shape index (κ3) is 87.8. The summed E-state index contributed by atoms with van der Waals surface area (Å²) in [6.45, 7) is 17.6. The quantitative estimate of drug-likeness (QED) is 0.354. The van der Waals surface area contributed by atoms with E-state index >= 15 is 0 Å². The summed E-state index contributed by atoms with van der Waals surface area (Å²) < 4.78 is 0. The van der Waals surface area contributed by atoms with Crippen molar-refractivity contribution in [1.82, 2.24) is 0 Å². The first kappa shape index (κ1) is 31.9. The van der Waals surface area contributed by atoms with Crippen LogP contribution in [0, 0.1) is 13.8 Å². The second-order valence-corrected chi connectivity index (χ2v) is 3.99. The molecule has 0 unspecified atom stereocenters. The second-order valence-electron chi connectivity index (χ2n) is 3.99. The molecule has 19 heavy (non-hydrogen) atoms. The van der Waals surface area contributed by atoms with Crippen LogP contribution < -0.4 is 0 Å². The minimum absolute atomic E-state index is 0. The predicted octanol–water partition coefficient (Wildman–Crippen LogP) is 5.84. The molecule has 0 aliphatic heterocycles. The molecule has 2 heteroatoms. The third-order valence-electron chi connectivity index (χ3n) is 2.07. The summed E-state index contributed by atoms with van der Waals surface area (Å²) in [5.41, 5.74) is 0. The molecule has 0 aliphatic carbocycles. The van der Waals surface area contributed by atoms with Gasteiger partial charge in [-0.15, -0.1) is 0 Å². The Kier molecular flexibility index (Phi) is 85.9. The topological polar surface area (TPSA) is 20.2 Å². The zero-order chi connectivity index (χ0) is 15.1. The van der Waals surface area contributed by atoms with Gasteiger partial charge in [0.25, 0.3) is 0 Å². The van der Waals surface area contributed by atoms with Crippen LogP contribution in [-0.2, 0) is 0 Å². The predicted molar refractivity (Wildman–Crippen MR) is 93.5 cm³/mol. The fraction of sp³-hybridized carbons (Fsp3) is 0.882. The molecule has 0 heterocycles. The SMILES string of the molecule is CCCCCCC.CCCCO.[CH2-]C.[CH2-]CCC.[Mg+2]. The summed E-state index contributed by atoms with van der Waals surface area (Å²) >= 11 is 0. The Hall–Kier alpha value is 0.726. The number of hydrogen-bond donors (Lipinski definition) is 1. The summed E-state index contributed by atoms with van der Waals surface area (Å²) in [5, 5.41) is 8.07. The van der Waals surface area contributed by atoms with E-state index in [0.29, 0.717) is 6.61 Å². The Bertz CT molecular complexity index is 69.7. The van der Waals surface area contributed by atoms with Crippen LogP contribution in [0.15, 0.2) is 0 Å². The molecule has 0 spiro atoms. The monoisotopic (exact) mass is 284 g/mol. The van der Waals surface area contributed by atoms with E-state index < -0.39 is 0 Å². The van der Waals surface area contributed by atoms with E-state index in [0.717, 1.165) is 19.3 Å². The van der Waals surface area contributed by atoms with Gasteiger partial charge in [-0.1, -0.05) is 72.6 Å². The van der Waals surface area contributed by atoms with E-state index in [2.05, 4.69) is 41.5 Å². The van der Waals surface area contributed by atoms with Gasteiger partial charge in [0, 0.05) is 6.61 Å². The Morgan fingerprint density at radius 1 is 0.684 bits per heavy atom. The minimum atomic E-state index is 0. The van der Waals surface area contributed by atoms with E-state index in [9.17, 15) is 0 Å². The second kappa shape index (κ2) is 51.1. The van der Waals surface area contributed by atoms with Gasteiger partial charge in [0.05, 0.1) is 0 Å². The third-order valence-corrected chi connectivity index (χ3v) is 2.07. The maximum atomic E-state index is 8.07. The van der Waals surface area contributed by atoms with Crippen LogP contribution in [0.25, 0.3) is 0 Å². The molecule has 0 fully saturated rings. The van der Waals surface area contributed by atoms with Crippen LogP contribution in [0.5, 0.6) is 0 Å². The summed E-state index contributed by atoms with van der Waals surface area (Å²) in [7, 11) is 0. The average Bonchev–Trinajstić information content (AvgIpc) is 2.43. The number of aliphatic hydroxyl groups excluding tert-OH is 1. The van der Waals surface area contributed by atoms with Crippen molar-refractivity contribution in [3.8, 4) is 0 Å². The molecule has 0 amide bonds. The number of aliphatic hydroxyl groups is 1. The van der Waals surface area contributed by atoms with Crippen LogP contribution >= 0.6 is 0 Å². The molecule has 0 aromatic rings. The Labute approximate surface area is 141 Å². The maximum Gasteiger partial charge on any atom is 2.00 e.